The Morgan fingerprint density at radius 1 is 1.09 bits per heavy atom. The lowest BCUT2D eigenvalue weighted by Gasteiger charge is -2.38. The molecule has 2 unspecified atom stereocenters. The summed E-state index contributed by atoms with van der Waals surface area (Å²) in [5, 5.41) is 0. The van der Waals surface area contributed by atoms with Gasteiger partial charge in [-0.3, -0.25) is 4.79 Å². The third-order valence-electron chi connectivity index (χ3n) is 4.18. The van der Waals surface area contributed by atoms with Gasteiger partial charge in [0.05, 0.1) is 0 Å². The number of fused-ring (bicyclic) bond motifs is 3. The topological polar surface area (TPSA) is 20.3 Å². The van der Waals surface area contributed by atoms with Gasteiger partial charge in [-0.05, 0) is 44.2 Å². The standard InChI is InChI=1S/C15H19NO.C3H8.C2H6/c1-10(2)16-14-9-4-3-6-12(14)11-7-5-8-13(11)15(16)17;1-3-2;1-2/h3-4,6,9-11,13H,5,7-8H2,1-2H3;3H2,1-2H3;1-2H3. The molecule has 1 heterocycles. The summed E-state index contributed by atoms with van der Waals surface area (Å²) in [4.78, 5) is 14.5. The van der Waals surface area contributed by atoms with Gasteiger partial charge >= 0.3 is 0 Å². The van der Waals surface area contributed by atoms with Crippen molar-refractivity contribution in [3.63, 3.8) is 0 Å². The average Bonchev–Trinajstić information content (AvgIpc) is 3.00. The zero-order valence-corrected chi connectivity index (χ0v) is 15.2. The van der Waals surface area contributed by atoms with E-state index in [-0.39, 0.29) is 12.0 Å². The second kappa shape index (κ2) is 8.97. The molecule has 1 aromatic carbocycles. The summed E-state index contributed by atoms with van der Waals surface area (Å²) in [5.41, 5.74) is 2.54. The van der Waals surface area contributed by atoms with Gasteiger partial charge in [-0.15, -0.1) is 0 Å². The number of benzene rings is 1. The molecular formula is C20H33NO. The van der Waals surface area contributed by atoms with Crippen LogP contribution in [0.15, 0.2) is 24.3 Å². The molecule has 0 saturated heterocycles. The first kappa shape index (κ1) is 18.7. The number of hydrogen-bond acceptors (Lipinski definition) is 1. The molecule has 124 valence electrons. The molecule has 0 spiro atoms. The van der Waals surface area contributed by atoms with E-state index in [0.717, 1.165) is 12.1 Å². The molecular weight excluding hydrogens is 270 g/mol. The Bertz CT molecular complexity index is 467. The molecule has 0 N–H and O–H groups in total. The van der Waals surface area contributed by atoms with E-state index in [1.165, 1.54) is 24.8 Å². The lowest BCUT2D eigenvalue weighted by Crippen LogP contribution is -2.45. The van der Waals surface area contributed by atoms with Crippen LogP contribution in [0.3, 0.4) is 0 Å². The number of carbonyl (C=O) groups excluding carboxylic acids is 1. The van der Waals surface area contributed by atoms with E-state index in [1.807, 2.05) is 24.8 Å². The van der Waals surface area contributed by atoms with Crippen LogP contribution >= 0.6 is 0 Å². The maximum atomic E-state index is 12.5. The predicted molar refractivity (Wildman–Crippen MR) is 96.5 cm³/mol. The lowest BCUT2D eigenvalue weighted by molar-refractivity contribution is -0.123. The SMILES string of the molecule is CC.CC(C)N1C(=O)C2CCCC2c2ccccc21.CCC. The number of rotatable bonds is 1. The van der Waals surface area contributed by atoms with Crippen molar-refractivity contribution in [2.75, 3.05) is 4.90 Å². The van der Waals surface area contributed by atoms with Crippen molar-refractivity contribution in [1.29, 1.82) is 0 Å². The summed E-state index contributed by atoms with van der Waals surface area (Å²) < 4.78 is 0. The first-order valence-electron chi connectivity index (χ1n) is 9.03. The predicted octanol–water partition coefficient (Wildman–Crippen LogP) is 5.77. The van der Waals surface area contributed by atoms with Crippen LogP contribution in [0.2, 0.25) is 0 Å². The molecule has 0 bridgehead atoms. The molecule has 1 aliphatic heterocycles. The number of hydrogen-bond donors (Lipinski definition) is 0. The average molecular weight is 303 g/mol. The Labute approximate surface area is 136 Å². The monoisotopic (exact) mass is 303 g/mol. The molecule has 1 aliphatic carbocycles. The minimum absolute atomic E-state index is 0.243. The van der Waals surface area contributed by atoms with Gasteiger partial charge in [-0.2, -0.15) is 0 Å². The van der Waals surface area contributed by atoms with Gasteiger partial charge in [0.2, 0.25) is 5.91 Å². The number of nitrogens with zero attached hydrogens (tertiary/aromatic N) is 1. The fraction of sp³-hybridized carbons (Fsp3) is 0.650. The Balaban J connectivity index is 0.000000435. The van der Waals surface area contributed by atoms with Crippen LogP contribution in [0.4, 0.5) is 5.69 Å². The Morgan fingerprint density at radius 2 is 1.64 bits per heavy atom. The van der Waals surface area contributed by atoms with Gasteiger partial charge < -0.3 is 4.90 Å². The molecule has 3 rings (SSSR count). The molecule has 1 saturated carbocycles. The highest BCUT2D eigenvalue weighted by Crippen LogP contribution is 2.48. The van der Waals surface area contributed by atoms with Crippen molar-refractivity contribution in [3.8, 4) is 0 Å². The fourth-order valence-electron chi connectivity index (χ4n) is 3.48. The molecule has 2 aliphatic rings. The van der Waals surface area contributed by atoms with Crippen LogP contribution in [-0.4, -0.2) is 11.9 Å². The van der Waals surface area contributed by atoms with Gasteiger partial charge in [0.25, 0.3) is 0 Å². The molecule has 2 atom stereocenters. The maximum absolute atomic E-state index is 12.5. The third kappa shape index (κ3) is 3.71. The van der Waals surface area contributed by atoms with E-state index in [1.54, 1.807) is 0 Å². The number of anilines is 1. The van der Waals surface area contributed by atoms with Crippen molar-refractivity contribution < 1.29 is 4.79 Å². The summed E-state index contributed by atoms with van der Waals surface area (Å²) in [7, 11) is 0. The highest BCUT2D eigenvalue weighted by atomic mass is 16.2. The number of amides is 1. The quantitative estimate of drug-likeness (QED) is 0.645. The minimum atomic E-state index is 0.243. The summed E-state index contributed by atoms with van der Waals surface area (Å²) in [6.07, 6.45) is 4.70. The van der Waals surface area contributed by atoms with E-state index in [9.17, 15) is 4.79 Å². The first-order chi connectivity index (χ1) is 10.6. The van der Waals surface area contributed by atoms with Crippen molar-refractivity contribution in [2.45, 2.75) is 79.2 Å². The highest BCUT2D eigenvalue weighted by molar-refractivity contribution is 5.99. The van der Waals surface area contributed by atoms with Crippen LogP contribution in [0.5, 0.6) is 0 Å². The van der Waals surface area contributed by atoms with Gasteiger partial charge in [-0.1, -0.05) is 58.7 Å². The van der Waals surface area contributed by atoms with Crippen molar-refractivity contribution in [1.82, 2.24) is 0 Å². The normalized spacial score (nSPS) is 22.1. The van der Waals surface area contributed by atoms with E-state index >= 15 is 0 Å². The molecule has 2 heteroatoms. The zero-order chi connectivity index (χ0) is 16.7. The maximum Gasteiger partial charge on any atom is 0.230 e. The van der Waals surface area contributed by atoms with Gasteiger partial charge in [0.1, 0.15) is 0 Å². The Kier molecular flexibility index (Phi) is 7.64. The summed E-state index contributed by atoms with van der Waals surface area (Å²) in [6.45, 7) is 12.5. The van der Waals surface area contributed by atoms with Crippen LogP contribution in [0, 0.1) is 5.92 Å². The van der Waals surface area contributed by atoms with Crippen molar-refractivity contribution in [3.05, 3.63) is 29.8 Å². The number of carbonyl (C=O) groups is 1. The van der Waals surface area contributed by atoms with E-state index in [0.29, 0.717) is 11.8 Å². The second-order valence-electron chi connectivity index (χ2n) is 6.21. The smallest absolute Gasteiger partial charge is 0.230 e. The van der Waals surface area contributed by atoms with Gasteiger partial charge in [0, 0.05) is 17.6 Å². The number of para-hydroxylation sites is 1. The summed E-state index contributed by atoms with van der Waals surface area (Å²) in [5.74, 6) is 1.07. The molecule has 0 aromatic heterocycles. The van der Waals surface area contributed by atoms with E-state index < -0.39 is 0 Å². The Morgan fingerprint density at radius 3 is 2.23 bits per heavy atom. The third-order valence-corrected chi connectivity index (χ3v) is 4.18. The first-order valence-corrected chi connectivity index (χ1v) is 9.03. The van der Waals surface area contributed by atoms with Gasteiger partial charge in [-0.25, -0.2) is 0 Å². The molecule has 22 heavy (non-hydrogen) atoms. The molecule has 1 aromatic rings. The molecule has 1 amide bonds. The van der Waals surface area contributed by atoms with Gasteiger partial charge in [0.15, 0.2) is 0 Å². The molecule has 2 nitrogen and oxygen atoms in total. The second-order valence-corrected chi connectivity index (χ2v) is 6.21. The summed E-state index contributed by atoms with van der Waals surface area (Å²) in [6, 6.07) is 8.70. The lowest BCUT2D eigenvalue weighted by atomic mass is 9.82. The van der Waals surface area contributed by atoms with E-state index in [2.05, 4.69) is 45.9 Å². The van der Waals surface area contributed by atoms with Crippen LogP contribution in [0.25, 0.3) is 0 Å². The van der Waals surface area contributed by atoms with Crippen LogP contribution < -0.4 is 4.90 Å². The molecule has 0 radical (unpaired) electrons. The van der Waals surface area contributed by atoms with Crippen LogP contribution in [-0.2, 0) is 4.79 Å². The zero-order valence-electron chi connectivity index (χ0n) is 15.2. The van der Waals surface area contributed by atoms with Crippen molar-refractivity contribution in [2.24, 2.45) is 5.92 Å². The highest BCUT2D eigenvalue weighted by Gasteiger charge is 2.43. The molecule has 1 fully saturated rings. The largest absolute Gasteiger partial charge is 0.309 e. The minimum Gasteiger partial charge on any atom is -0.309 e. The summed E-state index contributed by atoms with van der Waals surface area (Å²) >= 11 is 0. The van der Waals surface area contributed by atoms with Crippen molar-refractivity contribution >= 4 is 11.6 Å². The van der Waals surface area contributed by atoms with E-state index in [4.69, 9.17) is 0 Å². The Hall–Kier alpha value is -1.31. The van der Waals surface area contributed by atoms with Crippen LogP contribution in [0.1, 0.15) is 78.7 Å². The fourth-order valence-corrected chi connectivity index (χ4v) is 3.48.